The molecule has 0 saturated carbocycles. The second-order valence-corrected chi connectivity index (χ2v) is 9.89. The summed E-state index contributed by atoms with van der Waals surface area (Å²) in [6.45, 7) is 9.05. The topological polar surface area (TPSA) is 49.8 Å². The highest BCUT2D eigenvalue weighted by Crippen LogP contribution is 2.49. The lowest BCUT2D eigenvalue weighted by Crippen LogP contribution is -2.52. The molecule has 4 heteroatoms. The molecule has 2 aliphatic rings. The van der Waals surface area contributed by atoms with E-state index in [1.165, 1.54) is 11.1 Å². The van der Waals surface area contributed by atoms with Crippen LogP contribution < -0.4 is 0 Å². The summed E-state index contributed by atoms with van der Waals surface area (Å²) in [6, 6.07) is 16.3. The molecule has 1 amide bonds. The zero-order valence-corrected chi connectivity index (χ0v) is 19.2. The number of nitrogens with zero attached hydrogens (tertiary/aromatic N) is 1. The number of piperidine rings is 1. The zero-order valence-electron chi connectivity index (χ0n) is 19.2. The van der Waals surface area contributed by atoms with Crippen LogP contribution in [0.4, 0.5) is 4.79 Å². The van der Waals surface area contributed by atoms with Gasteiger partial charge in [0.05, 0.1) is 5.60 Å². The molecule has 0 spiro atoms. The Bertz CT molecular complexity index is 881. The minimum atomic E-state index is -0.900. The lowest BCUT2D eigenvalue weighted by molar-refractivity contribution is -0.0549. The Kier molecular flexibility index (Phi) is 6.11. The Hall–Kier alpha value is -2.33. The fraction of sp³-hybridized carbons (Fsp3) is 0.519. The first kappa shape index (κ1) is 21.9. The van der Waals surface area contributed by atoms with E-state index in [-0.39, 0.29) is 24.8 Å². The van der Waals surface area contributed by atoms with Gasteiger partial charge in [0.2, 0.25) is 0 Å². The first-order valence-electron chi connectivity index (χ1n) is 11.6. The number of rotatable bonds is 5. The van der Waals surface area contributed by atoms with Gasteiger partial charge in [0.25, 0.3) is 0 Å². The molecule has 2 fully saturated rings. The van der Waals surface area contributed by atoms with Crippen LogP contribution in [-0.2, 0) is 16.9 Å². The molecule has 4 nitrogen and oxygen atoms in total. The standard InChI is InChI=1S/C27H35NO3/c1-18(2)23-11-8-12-24(19(3)4)25(23)27(30)15-21-13-14-22(16-27)28(21)26(29)31-17-20-9-6-5-7-10-20/h5-12,18-19,21-22,30H,13-17H2,1-4H3. The van der Waals surface area contributed by atoms with E-state index in [0.717, 1.165) is 24.0 Å². The third-order valence-corrected chi connectivity index (χ3v) is 7.02. The number of amides is 1. The van der Waals surface area contributed by atoms with Gasteiger partial charge in [0.15, 0.2) is 0 Å². The summed E-state index contributed by atoms with van der Waals surface area (Å²) in [5.41, 5.74) is 3.66. The van der Waals surface area contributed by atoms with Crippen LogP contribution in [0.1, 0.15) is 87.5 Å². The van der Waals surface area contributed by atoms with Crippen LogP contribution in [0.25, 0.3) is 0 Å². The van der Waals surface area contributed by atoms with Crippen molar-refractivity contribution in [1.82, 2.24) is 4.90 Å². The van der Waals surface area contributed by atoms with E-state index in [1.807, 2.05) is 35.2 Å². The first-order chi connectivity index (χ1) is 14.8. The normalized spacial score (nSPS) is 25.3. The van der Waals surface area contributed by atoms with E-state index in [4.69, 9.17) is 4.74 Å². The van der Waals surface area contributed by atoms with Gasteiger partial charge in [-0.1, -0.05) is 76.2 Å². The van der Waals surface area contributed by atoms with Gasteiger partial charge in [-0.05, 0) is 46.9 Å². The van der Waals surface area contributed by atoms with Gasteiger partial charge in [-0.2, -0.15) is 0 Å². The average molecular weight is 422 g/mol. The summed E-state index contributed by atoms with van der Waals surface area (Å²) < 4.78 is 5.65. The number of fused-ring (bicyclic) bond motifs is 2. The molecule has 2 unspecified atom stereocenters. The predicted octanol–water partition coefficient (Wildman–Crippen LogP) is 6.08. The monoisotopic (exact) mass is 421 g/mol. The lowest BCUT2D eigenvalue weighted by Gasteiger charge is -2.45. The van der Waals surface area contributed by atoms with Gasteiger partial charge in [0, 0.05) is 24.9 Å². The highest BCUT2D eigenvalue weighted by Gasteiger charge is 2.51. The van der Waals surface area contributed by atoms with Crippen LogP contribution in [0.2, 0.25) is 0 Å². The Balaban J connectivity index is 1.57. The third kappa shape index (κ3) is 4.23. The Morgan fingerprint density at radius 1 is 0.968 bits per heavy atom. The van der Waals surface area contributed by atoms with Crippen molar-refractivity contribution in [3.8, 4) is 0 Å². The van der Waals surface area contributed by atoms with Crippen LogP contribution in [-0.4, -0.2) is 28.2 Å². The van der Waals surface area contributed by atoms with E-state index >= 15 is 0 Å². The van der Waals surface area contributed by atoms with E-state index in [1.54, 1.807) is 0 Å². The second-order valence-electron chi connectivity index (χ2n) is 9.89. The maximum Gasteiger partial charge on any atom is 0.410 e. The Morgan fingerprint density at radius 3 is 2.03 bits per heavy atom. The molecular formula is C27H35NO3. The van der Waals surface area contributed by atoms with Crippen LogP contribution in [0.5, 0.6) is 0 Å². The SMILES string of the molecule is CC(C)c1cccc(C(C)C)c1C1(O)CC2CCC(C1)N2C(=O)OCc1ccccc1. The lowest BCUT2D eigenvalue weighted by atomic mass is 9.73. The molecule has 2 saturated heterocycles. The van der Waals surface area contributed by atoms with Gasteiger partial charge in [0.1, 0.15) is 6.61 Å². The molecule has 2 aliphatic heterocycles. The van der Waals surface area contributed by atoms with Gasteiger partial charge in [-0.25, -0.2) is 4.79 Å². The van der Waals surface area contributed by atoms with Crippen molar-refractivity contribution in [3.05, 3.63) is 70.8 Å². The van der Waals surface area contributed by atoms with Crippen molar-refractivity contribution in [2.24, 2.45) is 0 Å². The van der Waals surface area contributed by atoms with Crippen LogP contribution >= 0.6 is 0 Å². The van der Waals surface area contributed by atoms with Gasteiger partial charge in [-0.15, -0.1) is 0 Å². The highest BCUT2D eigenvalue weighted by atomic mass is 16.6. The highest BCUT2D eigenvalue weighted by molar-refractivity contribution is 5.69. The molecule has 2 bridgehead atoms. The van der Waals surface area contributed by atoms with Crippen LogP contribution in [0.15, 0.2) is 48.5 Å². The van der Waals surface area contributed by atoms with E-state index in [0.29, 0.717) is 24.7 Å². The van der Waals surface area contributed by atoms with Gasteiger partial charge in [-0.3, -0.25) is 0 Å². The molecule has 4 rings (SSSR count). The Labute approximate surface area is 186 Å². The maximum absolute atomic E-state index is 13.0. The number of benzene rings is 2. The Morgan fingerprint density at radius 2 is 1.52 bits per heavy atom. The second kappa shape index (κ2) is 8.66. The molecule has 2 aromatic rings. The van der Waals surface area contributed by atoms with Crippen LogP contribution in [0.3, 0.4) is 0 Å². The van der Waals surface area contributed by atoms with Crippen LogP contribution in [0, 0.1) is 0 Å². The fourth-order valence-electron chi connectivity index (χ4n) is 5.61. The molecule has 166 valence electrons. The maximum atomic E-state index is 13.0. The van der Waals surface area contributed by atoms with E-state index in [9.17, 15) is 9.90 Å². The summed E-state index contributed by atoms with van der Waals surface area (Å²) in [5.74, 6) is 0.675. The minimum Gasteiger partial charge on any atom is -0.445 e. The van der Waals surface area contributed by atoms with Gasteiger partial charge >= 0.3 is 6.09 Å². The van der Waals surface area contributed by atoms with Gasteiger partial charge < -0.3 is 14.7 Å². The quantitative estimate of drug-likeness (QED) is 0.636. The molecule has 2 heterocycles. The van der Waals surface area contributed by atoms with Crippen molar-refractivity contribution in [2.75, 3.05) is 0 Å². The number of carbonyl (C=O) groups is 1. The summed E-state index contributed by atoms with van der Waals surface area (Å²) in [6.07, 6.45) is 2.75. The van der Waals surface area contributed by atoms with Crippen molar-refractivity contribution in [2.45, 2.75) is 89.5 Å². The first-order valence-corrected chi connectivity index (χ1v) is 11.6. The smallest absolute Gasteiger partial charge is 0.410 e. The molecule has 0 aliphatic carbocycles. The number of hydrogen-bond donors (Lipinski definition) is 1. The van der Waals surface area contributed by atoms with Crippen molar-refractivity contribution < 1.29 is 14.6 Å². The number of hydrogen-bond acceptors (Lipinski definition) is 3. The number of ether oxygens (including phenoxy) is 1. The molecule has 2 atom stereocenters. The average Bonchev–Trinajstić information content (AvgIpc) is 3.04. The number of aliphatic hydroxyl groups is 1. The largest absolute Gasteiger partial charge is 0.445 e. The van der Waals surface area contributed by atoms with E-state index in [2.05, 4.69) is 45.9 Å². The minimum absolute atomic E-state index is 0.0206. The molecule has 2 aromatic carbocycles. The molecule has 0 radical (unpaired) electrons. The van der Waals surface area contributed by atoms with Crippen molar-refractivity contribution in [1.29, 1.82) is 0 Å². The molecular weight excluding hydrogens is 386 g/mol. The molecule has 1 N–H and O–H groups in total. The number of carbonyl (C=O) groups excluding carboxylic acids is 1. The fourth-order valence-corrected chi connectivity index (χ4v) is 5.61. The predicted molar refractivity (Wildman–Crippen MR) is 123 cm³/mol. The van der Waals surface area contributed by atoms with E-state index < -0.39 is 5.60 Å². The third-order valence-electron chi connectivity index (χ3n) is 7.02. The van der Waals surface area contributed by atoms with Crippen molar-refractivity contribution >= 4 is 6.09 Å². The zero-order chi connectivity index (χ0) is 22.2. The summed E-state index contributed by atoms with van der Waals surface area (Å²) >= 11 is 0. The summed E-state index contributed by atoms with van der Waals surface area (Å²) in [5, 5.41) is 12.0. The summed E-state index contributed by atoms with van der Waals surface area (Å²) in [4.78, 5) is 14.9. The summed E-state index contributed by atoms with van der Waals surface area (Å²) in [7, 11) is 0. The molecule has 31 heavy (non-hydrogen) atoms. The van der Waals surface area contributed by atoms with Crippen molar-refractivity contribution in [3.63, 3.8) is 0 Å². The molecule has 0 aromatic heterocycles.